The van der Waals surface area contributed by atoms with Gasteiger partial charge in [-0.15, -0.1) is 0 Å². The second kappa shape index (κ2) is 8.00. The molecule has 3 rings (SSSR count). The zero-order valence-electron chi connectivity index (χ0n) is 15.9. The van der Waals surface area contributed by atoms with Crippen molar-refractivity contribution in [3.8, 4) is 5.88 Å². The molecule has 0 radical (unpaired) electrons. The van der Waals surface area contributed by atoms with Crippen LogP contribution < -0.4 is 9.64 Å². The number of thioether (sulfide) groups is 1. The number of methoxy groups -OCH3 is 1. The van der Waals surface area contributed by atoms with Gasteiger partial charge in [0.15, 0.2) is 5.16 Å². The van der Waals surface area contributed by atoms with Gasteiger partial charge in [-0.2, -0.15) is 4.98 Å². The Balaban J connectivity index is 1.71. The zero-order valence-corrected chi connectivity index (χ0v) is 16.7. The summed E-state index contributed by atoms with van der Waals surface area (Å²) in [5, 5.41) is 0.638. The van der Waals surface area contributed by atoms with E-state index in [2.05, 4.69) is 28.7 Å². The number of carbonyl (C=O) groups excluding carboxylic acids is 1. The lowest BCUT2D eigenvalue weighted by Crippen LogP contribution is -2.38. The van der Waals surface area contributed by atoms with E-state index in [-0.39, 0.29) is 12.1 Å². The van der Waals surface area contributed by atoms with E-state index in [1.807, 2.05) is 12.3 Å². The van der Waals surface area contributed by atoms with Crippen molar-refractivity contribution >= 4 is 23.5 Å². The fourth-order valence-corrected chi connectivity index (χ4v) is 3.52. The number of ether oxygens (including phenoxy) is 3. The first-order valence-electron chi connectivity index (χ1n) is 9.06. The van der Waals surface area contributed by atoms with Crippen molar-refractivity contribution in [2.45, 2.75) is 62.5 Å². The van der Waals surface area contributed by atoms with E-state index in [1.54, 1.807) is 0 Å². The highest BCUT2D eigenvalue weighted by Gasteiger charge is 2.54. The minimum absolute atomic E-state index is 0.252. The highest BCUT2D eigenvalue weighted by atomic mass is 32.2. The average molecular weight is 381 g/mol. The molecule has 2 heterocycles. The Bertz CT molecular complexity index is 643. The number of piperidine rings is 1. The molecule has 2 fully saturated rings. The molecule has 1 saturated carbocycles. The minimum atomic E-state index is -0.867. The van der Waals surface area contributed by atoms with Crippen LogP contribution in [0.15, 0.2) is 11.2 Å². The summed E-state index contributed by atoms with van der Waals surface area (Å²) in [5.74, 6) is 0.931. The van der Waals surface area contributed by atoms with Crippen molar-refractivity contribution in [1.29, 1.82) is 0 Å². The van der Waals surface area contributed by atoms with Crippen molar-refractivity contribution in [2.75, 3.05) is 31.4 Å². The fraction of sp³-hybridized carbons (Fsp3) is 0.722. The van der Waals surface area contributed by atoms with E-state index in [9.17, 15) is 4.79 Å². The van der Waals surface area contributed by atoms with Crippen molar-refractivity contribution in [2.24, 2.45) is 0 Å². The van der Waals surface area contributed by atoms with E-state index < -0.39 is 5.60 Å². The van der Waals surface area contributed by atoms with Gasteiger partial charge in [-0.05, 0) is 32.9 Å². The highest BCUT2D eigenvalue weighted by Crippen LogP contribution is 2.41. The molecule has 0 spiro atoms. The molecular formula is C18H27N3O4S. The number of hydrogen-bond acceptors (Lipinski definition) is 8. The Hall–Kier alpha value is -1.54. The van der Waals surface area contributed by atoms with Gasteiger partial charge in [-0.1, -0.05) is 11.8 Å². The average Bonchev–Trinajstić information content (AvgIpc) is 3.41. The van der Waals surface area contributed by atoms with E-state index in [0.717, 1.165) is 31.7 Å². The molecule has 7 nitrogen and oxygen atoms in total. The Morgan fingerprint density at radius 2 is 2.00 bits per heavy atom. The van der Waals surface area contributed by atoms with E-state index >= 15 is 0 Å². The van der Waals surface area contributed by atoms with Gasteiger partial charge < -0.3 is 19.1 Å². The number of nitrogens with zero attached hydrogens (tertiary/aromatic N) is 3. The lowest BCUT2D eigenvalue weighted by Gasteiger charge is -2.33. The molecule has 2 aliphatic rings. The minimum Gasteiger partial charge on any atom is -0.466 e. The third-order valence-electron chi connectivity index (χ3n) is 4.64. The zero-order chi connectivity index (χ0) is 18.7. The summed E-state index contributed by atoms with van der Waals surface area (Å²) in [4.78, 5) is 23.2. The SMILES string of the molecule is COC(=O)C1(Oc2cc(N3CCC(OC(C)C)CC3)nc(SC)n2)CC1. The number of esters is 1. The van der Waals surface area contributed by atoms with Crippen LogP contribution >= 0.6 is 11.8 Å². The molecule has 144 valence electrons. The van der Waals surface area contributed by atoms with E-state index in [1.165, 1.54) is 18.9 Å². The maximum absolute atomic E-state index is 11.9. The van der Waals surface area contributed by atoms with Crippen molar-refractivity contribution < 1.29 is 19.0 Å². The Kier molecular flexibility index (Phi) is 5.92. The molecule has 0 N–H and O–H groups in total. The van der Waals surface area contributed by atoms with Gasteiger partial charge in [-0.3, -0.25) is 0 Å². The first kappa shape index (κ1) is 19.2. The van der Waals surface area contributed by atoms with Gasteiger partial charge in [0.1, 0.15) is 5.82 Å². The highest BCUT2D eigenvalue weighted by molar-refractivity contribution is 7.98. The topological polar surface area (TPSA) is 73.8 Å². The summed E-state index contributed by atoms with van der Waals surface area (Å²) in [6, 6.07) is 1.83. The number of anilines is 1. The van der Waals surface area contributed by atoms with Gasteiger partial charge in [0.2, 0.25) is 11.5 Å². The van der Waals surface area contributed by atoms with Crippen LogP contribution in [0.5, 0.6) is 5.88 Å². The molecule has 1 aromatic heterocycles. The first-order chi connectivity index (χ1) is 12.5. The molecule has 0 atom stereocenters. The predicted molar refractivity (Wildman–Crippen MR) is 99.9 cm³/mol. The molecule has 1 aliphatic carbocycles. The largest absolute Gasteiger partial charge is 0.466 e. The molecule has 1 aromatic rings. The quantitative estimate of drug-likeness (QED) is 0.405. The standard InChI is InChI=1S/C18H27N3O4S/c1-12(2)24-13-5-9-21(10-6-13)14-11-15(20-17(19-14)26-4)25-18(7-8-18)16(22)23-3/h11-13H,5-10H2,1-4H3. The Labute approximate surface area is 158 Å². The van der Waals surface area contributed by atoms with Crippen molar-refractivity contribution in [3.05, 3.63) is 6.07 Å². The molecule has 8 heteroatoms. The van der Waals surface area contributed by atoms with Gasteiger partial charge in [-0.25, -0.2) is 9.78 Å². The van der Waals surface area contributed by atoms with Crippen molar-refractivity contribution in [3.63, 3.8) is 0 Å². The smallest absolute Gasteiger partial charge is 0.350 e. The summed E-state index contributed by atoms with van der Waals surface area (Å²) in [6.45, 7) is 5.90. The van der Waals surface area contributed by atoms with Crippen LogP contribution in [0.4, 0.5) is 5.82 Å². The molecule has 0 amide bonds. The number of aromatic nitrogens is 2. The molecule has 26 heavy (non-hydrogen) atoms. The van der Waals surface area contributed by atoms with Gasteiger partial charge in [0, 0.05) is 32.0 Å². The molecular weight excluding hydrogens is 354 g/mol. The molecule has 1 aliphatic heterocycles. The summed E-state index contributed by atoms with van der Waals surface area (Å²) in [5.41, 5.74) is -0.867. The second-order valence-corrected chi connectivity index (χ2v) is 7.78. The lowest BCUT2D eigenvalue weighted by atomic mass is 10.1. The van der Waals surface area contributed by atoms with Crippen LogP contribution in [0.2, 0.25) is 0 Å². The molecule has 0 aromatic carbocycles. The van der Waals surface area contributed by atoms with Crippen molar-refractivity contribution in [1.82, 2.24) is 9.97 Å². The van der Waals surface area contributed by atoms with Gasteiger partial charge in [0.05, 0.1) is 19.3 Å². The maximum atomic E-state index is 11.9. The third kappa shape index (κ3) is 4.40. The lowest BCUT2D eigenvalue weighted by molar-refractivity contribution is -0.151. The van der Waals surface area contributed by atoms with Crippen LogP contribution in [0, 0.1) is 0 Å². The molecule has 0 bridgehead atoms. The maximum Gasteiger partial charge on any atom is 0.350 e. The van der Waals surface area contributed by atoms with Crippen LogP contribution in [-0.4, -0.2) is 60.2 Å². The third-order valence-corrected chi connectivity index (χ3v) is 5.19. The number of carbonyl (C=O) groups is 1. The van der Waals surface area contributed by atoms with Crippen LogP contribution in [0.25, 0.3) is 0 Å². The van der Waals surface area contributed by atoms with Crippen LogP contribution in [-0.2, 0) is 14.3 Å². The van der Waals surface area contributed by atoms with E-state index in [4.69, 9.17) is 14.2 Å². The molecule has 1 saturated heterocycles. The van der Waals surface area contributed by atoms with E-state index in [0.29, 0.717) is 30.0 Å². The fourth-order valence-electron chi connectivity index (χ4n) is 3.15. The molecule has 0 unspecified atom stereocenters. The number of hydrogen-bond donors (Lipinski definition) is 0. The van der Waals surface area contributed by atoms with Gasteiger partial charge >= 0.3 is 5.97 Å². The van der Waals surface area contributed by atoms with Crippen LogP contribution in [0.1, 0.15) is 39.5 Å². The van der Waals surface area contributed by atoms with Gasteiger partial charge in [0.25, 0.3) is 0 Å². The predicted octanol–water partition coefficient (Wildman–Crippen LogP) is 2.68. The summed E-state index contributed by atoms with van der Waals surface area (Å²) in [6.07, 6.45) is 5.74. The first-order valence-corrected chi connectivity index (χ1v) is 10.3. The summed E-state index contributed by atoms with van der Waals surface area (Å²) >= 11 is 1.46. The monoisotopic (exact) mass is 381 g/mol. The summed E-state index contributed by atoms with van der Waals surface area (Å²) < 4.78 is 16.7. The number of rotatable bonds is 7. The second-order valence-electron chi connectivity index (χ2n) is 7.01. The Morgan fingerprint density at radius 3 is 2.54 bits per heavy atom. The Morgan fingerprint density at radius 1 is 1.31 bits per heavy atom. The van der Waals surface area contributed by atoms with Crippen LogP contribution in [0.3, 0.4) is 0 Å². The normalized spacial score (nSPS) is 19.5. The summed E-state index contributed by atoms with van der Waals surface area (Å²) in [7, 11) is 1.38.